The molecule has 1 aromatic heterocycles. The molecule has 0 aliphatic carbocycles. The second kappa shape index (κ2) is 9.04. The lowest BCUT2D eigenvalue weighted by molar-refractivity contribution is -0.113. The molecule has 0 atom stereocenters. The maximum Gasteiger partial charge on any atom is 0.253 e. The van der Waals surface area contributed by atoms with Crippen molar-refractivity contribution in [2.45, 2.75) is 19.0 Å². The molecule has 8 nitrogen and oxygen atoms in total. The van der Waals surface area contributed by atoms with Gasteiger partial charge in [0.1, 0.15) is 11.6 Å². The Morgan fingerprint density at radius 1 is 1.12 bits per heavy atom. The van der Waals surface area contributed by atoms with E-state index in [9.17, 15) is 9.59 Å². The third-order valence-corrected chi connectivity index (χ3v) is 4.37. The van der Waals surface area contributed by atoms with Crippen LogP contribution >= 0.6 is 11.8 Å². The summed E-state index contributed by atoms with van der Waals surface area (Å²) >= 11 is 1.13. The highest BCUT2D eigenvalue weighted by Crippen LogP contribution is 2.18. The average Bonchev–Trinajstić information content (AvgIpc) is 2.60. The topological polar surface area (TPSA) is 127 Å². The first-order valence-corrected chi connectivity index (χ1v) is 9.13. The van der Waals surface area contributed by atoms with Crippen LogP contribution in [0.25, 0.3) is 0 Å². The van der Waals surface area contributed by atoms with E-state index < -0.39 is 0 Å². The number of nitrogen functional groups attached to an aromatic ring is 2. The average molecular weight is 374 g/mol. The van der Waals surface area contributed by atoms with Gasteiger partial charge in [-0.05, 0) is 32.0 Å². The first-order chi connectivity index (χ1) is 12.4. The van der Waals surface area contributed by atoms with Gasteiger partial charge in [-0.2, -0.15) is 0 Å². The van der Waals surface area contributed by atoms with Crippen LogP contribution in [0.5, 0.6) is 0 Å². The fraction of sp³-hybridized carbons (Fsp3) is 0.294. The molecule has 1 heterocycles. The van der Waals surface area contributed by atoms with Crippen LogP contribution in [-0.4, -0.2) is 45.5 Å². The molecule has 26 heavy (non-hydrogen) atoms. The van der Waals surface area contributed by atoms with Crippen LogP contribution in [0.4, 0.5) is 17.3 Å². The molecule has 2 aromatic rings. The van der Waals surface area contributed by atoms with Gasteiger partial charge < -0.3 is 21.7 Å². The van der Waals surface area contributed by atoms with E-state index in [-0.39, 0.29) is 29.2 Å². The molecule has 0 bridgehead atoms. The van der Waals surface area contributed by atoms with Gasteiger partial charge in [0.05, 0.1) is 5.75 Å². The lowest BCUT2D eigenvalue weighted by atomic mass is 10.1. The minimum atomic E-state index is -0.243. The normalized spacial score (nSPS) is 10.4. The molecular formula is C17H22N6O2S. The summed E-state index contributed by atoms with van der Waals surface area (Å²) in [5.41, 5.74) is 12.3. The van der Waals surface area contributed by atoms with Crippen molar-refractivity contribution in [2.24, 2.45) is 0 Å². The molecule has 0 saturated heterocycles. The zero-order chi connectivity index (χ0) is 19.1. The predicted molar refractivity (Wildman–Crippen MR) is 104 cm³/mol. The van der Waals surface area contributed by atoms with E-state index in [4.69, 9.17) is 11.5 Å². The molecule has 9 heteroatoms. The summed E-state index contributed by atoms with van der Waals surface area (Å²) in [5, 5.41) is 3.10. The first kappa shape index (κ1) is 19.5. The van der Waals surface area contributed by atoms with Gasteiger partial charge in [0.15, 0.2) is 5.16 Å². The molecule has 0 unspecified atom stereocenters. The fourth-order valence-corrected chi connectivity index (χ4v) is 2.95. The lowest BCUT2D eigenvalue weighted by Gasteiger charge is -2.19. The van der Waals surface area contributed by atoms with Gasteiger partial charge in [-0.15, -0.1) is 0 Å². The van der Waals surface area contributed by atoms with Crippen molar-refractivity contribution in [1.82, 2.24) is 14.9 Å². The molecule has 0 spiro atoms. The van der Waals surface area contributed by atoms with E-state index in [1.807, 2.05) is 13.8 Å². The summed E-state index contributed by atoms with van der Waals surface area (Å²) in [6.07, 6.45) is 0. The Morgan fingerprint density at radius 2 is 1.77 bits per heavy atom. The quantitative estimate of drug-likeness (QED) is 0.498. The molecule has 0 radical (unpaired) electrons. The number of carbonyl (C=O) groups is 2. The van der Waals surface area contributed by atoms with Gasteiger partial charge in [0.2, 0.25) is 5.91 Å². The molecule has 0 saturated carbocycles. The van der Waals surface area contributed by atoms with Crippen LogP contribution in [0.2, 0.25) is 0 Å². The van der Waals surface area contributed by atoms with Crippen molar-refractivity contribution in [3.05, 3.63) is 35.9 Å². The van der Waals surface area contributed by atoms with Crippen molar-refractivity contribution < 1.29 is 9.59 Å². The molecule has 138 valence electrons. The number of nitrogens with two attached hydrogens (primary N) is 2. The highest BCUT2D eigenvalue weighted by atomic mass is 32.2. The van der Waals surface area contributed by atoms with Gasteiger partial charge in [0.25, 0.3) is 5.91 Å². The zero-order valence-electron chi connectivity index (χ0n) is 14.7. The number of thioether (sulfide) groups is 1. The van der Waals surface area contributed by atoms with Crippen LogP contribution < -0.4 is 16.8 Å². The van der Waals surface area contributed by atoms with Gasteiger partial charge in [-0.1, -0.05) is 17.8 Å². The molecule has 2 amide bonds. The van der Waals surface area contributed by atoms with Crippen LogP contribution in [-0.2, 0) is 4.79 Å². The fourth-order valence-electron chi connectivity index (χ4n) is 2.28. The van der Waals surface area contributed by atoms with E-state index in [0.717, 1.165) is 11.8 Å². The summed E-state index contributed by atoms with van der Waals surface area (Å²) in [5.74, 6) is 0.291. The van der Waals surface area contributed by atoms with Crippen molar-refractivity contribution in [1.29, 1.82) is 0 Å². The molecule has 1 aromatic carbocycles. The Kier molecular flexibility index (Phi) is 6.79. The van der Waals surface area contributed by atoms with Crippen molar-refractivity contribution in [3.8, 4) is 0 Å². The maximum atomic E-state index is 12.4. The van der Waals surface area contributed by atoms with E-state index in [0.29, 0.717) is 29.5 Å². The number of nitrogens with zero attached hydrogens (tertiary/aromatic N) is 3. The smallest absolute Gasteiger partial charge is 0.253 e. The van der Waals surface area contributed by atoms with Gasteiger partial charge in [-0.25, -0.2) is 9.97 Å². The largest absolute Gasteiger partial charge is 0.383 e. The zero-order valence-corrected chi connectivity index (χ0v) is 15.5. The highest BCUT2D eigenvalue weighted by molar-refractivity contribution is 7.99. The lowest BCUT2D eigenvalue weighted by Crippen LogP contribution is -2.30. The first-order valence-electron chi connectivity index (χ1n) is 8.15. The summed E-state index contributed by atoms with van der Waals surface area (Å²) in [6.45, 7) is 5.11. The molecule has 5 N–H and O–H groups in total. The minimum Gasteiger partial charge on any atom is -0.383 e. The van der Waals surface area contributed by atoms with Crippen molar-refractivity contribution in [3.63, 3.8) is 0 Å². The number of amides is 2. The predicted octanol–water partition coefficient (Wildman–Crippen LogP) is 1.85. The number of hydrogen-bond donors (Lipinski definition) is 3. The second-order valence-electron chi connectivity index (χ2n) is 5.40. The third kappa shape index (κ3) is 5.35. The third-order valence-electron chi connectivity index (χ3n) is 3.52. The number of carbonyl (C=O) groups excluding carboxylic acids is 2. The van der Waals surface area contributed by atoms with E-state index >= 15 is 0 Å². The number of benzene rings is 1. The summed E-state index contributed by atoms with van der Waals surface area (Å²) in [6, 6.07) is 8.31. The van der Waals surface area contributed by atoms with Gasteiger partial charge in [-0.3, -0.25) is 9.59 Å². The number of hydrogen-bond acceptors (Lipinski definition) is 7. The van der Waals surface area contributed by atoms with Gasteiger partial charge >= 0.3 is 0 Å². The van der Waals surface area contributed by atoms with E-state index in [2.05, 4.69) is 15.3 Å². The Balaban J connectivity index is 1.98. The molecule has 0 fully saturated rings. The minimum absolute atomic E-state index is 0.0656. The van der Waals surface area contributed by atoms with Crippen LogP contribution in [0.15, 0.2) is 35.5 Å². The van der Waals surface area contributed by atoms with E-state index in [1.165, 1.54) is 6.07 Å². The van der Waals surface area contributed by atoms with E-state index in [1.54, 1.807) is 29.2 Å². The summed E-state index contributed by atoms with van der Waals surface area (Å²) in [7, 11) is 0. The number of anilines is 3. The van der Waals surface area contributed by atoms with Crippen molar-refractivity contribution in [2.75, 3.05) is 35.6 Å². The Labute approximate surface area is 156 Å². The van der Waals surface area contributed by atoms with Crippen LogP contribution in [0, 0.1) is 0 Å². The highest BCUT2D eigenvalue weighted by Gasteiger charge is 2.13. The Morgan fingerprint density at radius 3 is 2.38 bits per heavy atom. The van der Waals surface area contributed by atoms with Crippen molar-refractivity contribution >= 4 is 40.9 Å². The Hall–Kier alpha value is -2.81. The second-order valence-corrected chi connectivity index (χ2v) is 6.34. The molecular weight excluding hydrogens is 352 g/mol. The summed E-state index contributed by atoms with van der Waals surface area (Å²) in [4.78, 5) is 34.3. The van der Waals surface area contributed by atoms with Crippen LogP contribution in [0.3, 0.4) is 0 Å². The molecule has 2 rings (SSSR count). The number of nitrogens with one attached hydrogen (secondary N) is 1. The SMILES string of the molecule is CCN(CC)C(=O)c1cccc(NC(=O)CSc2nc(N)cc(N)n2)c1. The molecule has 0 aliphatic heterocycles. The maximum absolute atomic E-state index is 12.4. The number of rotatable bonds is 7. The number of aromatic nitrogens is 2. The summed E-state index contributed by atoms with van der Waals surface area (Å²) < 4.78 is 0. The monoisotopic (exact) mass is 374 g/mol. The standard InChI is InChI=1S/C17H22N6O2S/c1-3-23(4-2)16(25)11-6-5-7-12(8-11)20-15(24)10-26-17-21-13(18)9-14(19)22-17/h5-9H,3-4,10H2,1-2H3,(H,20,24)(H4,18,19,21,22). The van der Waals surface area contributed by atoms with Crippen LogP contribution in [0.1, 0.15) is 24.2 Å². The molecule has 0 aliphatic rings. The van der Waals surface area contributed by atoms with Gasteiger partial charge in [0, 0.05) is 30.4 Å². The Bertz CT molecular complexity index is 774.